The zero-order chi connectivity index (χ0) is 20.9. The summed E-state index contributed by atoms with van der Waals surface area (Å²) in [5.74, 6) is -1.45. The van der Waals surface area contributed by atoms with E-state index in [1.165, 1.54) is 18.5 Å². The molecule has 152 valence electrons. The third kappa shape index (κ3) is 3.39. The van der Waals surface area contributed by atoms with Crippen molar-refractivity contribution >= 4 is 40.5 Å². The fourth-order valence-corrected chi connectivity index (χ4v) is 3.27. The first-order chi connectivity index (χ1) is 13.6. The molecule has 3 aromatic heterocycles. The molecular weight excluding hydrogens is 413 g/mol. The van der Waals surface area contributed by atoms with Crippen molar-refractivity contribution < 1.29 is 18.0 Å². The van der Waals surface area contributed by atoms with Crippen LogP contribution in [0.15, 0.2) is 24.5 Å². The highest BCUT2D eigenvalue weighted by molar-refractivity contribution is 6.29. The number of amides is 2. The van der Waals surface area contributed by atoms with E-state index in [0.29, 0.717) is 11.5 Å². The van der Waals surface area contributed by atoms with Crippen molar-refractivity contribution in [3.8, 4) is 0 Å². The molecule has 0 saturated heterocycles. The van der Waals surface area contributed by atoms with Crippen molar-refractivity contribution in [2.24, 2.45) is 0 Å². The van der Waals surface area contributed by atoms with Gasteiger partial charge >= 0.3 is 12.2 Å². The fraction of sp³-hybridized carbons (Fsp3) is 0.312. The Morgan fingerprint density at radius 1 is 1.31 bits per heavy atom. The second-order valence-electron chi connectivity index (χ2n) is 6.60. The lowest BCUT2D eigenvalue weighted by Crippen LogP contribution is -2.36. The molecule has 0 saturated carbocycles. The summed E-state index contributed by atoms with van der Waals surface area (Å²) >= 11 is 5.83. The topological polar surface area (TPSA) is 91.6 Å². The summed E-state index contributed by atoms with van der Waals surface area (Å²) in [5.41, 5.74) is 0.277. The number of rotatable bonds is 2. The molecule has 1 N–H and O–H groups in total. The molecule has 1 aliphatic heterocycles. The highest BCUT2D eigenvalue weighted by atomic mass is 35.5. The summed E-state index contributed by atoms with van der Waals surface area (Å²) < 4.78 is 42.1. The number of carbonyl (C=O) groups excluding carboxylic acids is 1. The Morgan fingerprint density at radius 2 is 2.07 bits per heavy atom. The molecule has 1 aliphatic rings. The van der Waals surface area contributed by atoms with Crippen molar-refractivity contribution in [3.05, 3.63) is 35.4 Å². The van der Waals surface area contributed by atoms with Gasteiger partial charge in [-0.15, -0.1) is 5.10 Å². The summed E-state index contributed by atoms with van der Waals surface area (Å²) in [6.45, 7) is -0.609. The summed E-state index contributed by atoms with van der Waals surface area (Å²) in [5, 5.41) is 14.1. The Morgan fingerprint density at radius 3 is 2.76 bits per heavy atom. The summed E-state index contributed by atoms with van der Waals surface area (Å²) in [4.78, 5) is 19.5. The molecule has 2 amide bonds. The van der Waals surface area contributed by atoms with Gasteiger partial charge in [-0.05, 0) is 0 Å². The molecular formula is C16H14ClF3N8O. The van der Waals surface area contributed by atoms with Gasteiger partial charge in [0.1, 0.15) is 5.92 Å². The van der Waals surface area contributed by atoms with Crippen LogP contribution < -0.4 is 15.1 Å². The van der Waals surface area contributed by atoms with E-state index >= 15 is 0 Å². The van der Waals surface area contributed by atoms with Crippen molar-refractivity contribution in [1.82, 2.24) is 24.8 Å². The molecule has 4 heterocycles. The van der Waals surface area contributed by atoms with Gasteiger partial charge in [-0.3, -0.25) is 4.90 Å². The lowest BCUT2D eigenvalue weighted by molar-refractivity contribution is -0.147. The molecule has 0 spiro atoms. The molecule has 0 aliphatic carbocycles. The lowest BCUT2D eigenvalue weighted by Gasteiger charge is -2.19. The monoisotopic (exact) mass is 426 g/mol. The van der Waals surface area contributed by atoms with E-state index in [4.69, 9.17) is 11.6 Å². The van der Waals surface area contributed by atoms with Gasteiger partial charge in [-0.1, -0.05) is 11.6 Å². The van der Waals surface area contributed by atoms with E-state index in [-0.39, 0.29) is 22.2 Å². The third-order valence-electron chi connectivity index (χ3n) is 4.45. The third-order valence-corrected chi connectivity index (χ3v) is 4.63. The van der Waals surface area contributed by atoms with Crippen LogP contribution in [0, 0.1) is 0 Å². The second-order valence-corrected chi connectivity index (χ2v) is 6.98. The minimum Gasteiger partial charge on any atom is -0.361 e. The van der Waals surface area contributed by atoms with E-state index < -0.39 is 24.7 Å². The molecule has 29 heavy (non-hydrogen) atoms. The number of halogens is 4. The first-order valence-corrected chi connectivity index (χ1v) is 8.72. The molecule has 1 atom stereocenters. The Kier molecular flexibility index (Phi) is 4.45. The van der Waals surface area contributed by atoms with Crippen LogP contribution in [0.4, 0.5) is 35.2 Å². The van der Waals surface area contributed by atoms with Gasteiger partial charge in [0.25, 0.3) is 0 Å². The Bertz CT molecular complexity index is 1100. The van der Waals surface area contributed by atoms with Crippen molar-refractivity contribution in [2.45, 2.75) is 12.1 Å². The molecule has 13 heteroatoms. The summed E-state index contributed by atoms with van der Waals surface area (Å²) in [6, 6.07) is 2.15. The number of alkyl halides is 3. The number of carbonyl (C=O) groups is 1. The van der Waals surface area contributed by atoms with Crippen LogP contribution in [0.3, 0.4) is 0 Å². The van der Waals surface area contributed by atoms with E-state index in [0.717, 1.165) is 9.42 Å². The van der Waals surface area contributed by atoms with Crippen molar-refractivity contribution in [3.63, 3.8) is 0 Å². The Balaban J connectivity index is 1.72. The molecule has 1 unspecified atom stereocenters. The fourth-order valence-electron chi connectivity index (χ4n) is 3.10. The number of nitrogens with zero attached hydrogens (tertiary/aromatic N) is 7. The SMILES string of the molecule is CN(C)c1cc(NC(=O)N2CC(C(F)(F)F)c3c2cnc2cc(Cl)nn32)cnn1. The molecule has 0 aromatic carbocycles. The van der Waals surface area contributed by atoms with Gasteiger partial charge < -0.3 is 10.2 Å². The van der Waals surface area contributed by atoms with E-state index in [1.54, 1.807) is 25.1 Å². The second kappa shape index (κ2) is 6.72. The first kappa shape index (κ1) is 19.2. The maximum atomic E-state index is 13.7. The average Bonchev–Trinajstić information content (AvgIpc) is 3.21. The van der Waals surface area contributed by atoms with E-state index in [1.807, 2.05) is 0 Å². The summed E-state index contributed by atoms with van der Waals surface area (Å²) in [7, 11) is 3.48. The van der Waals surface area contributed by atoms with E-state index in [2.05, 4.69) is 25.6 Å². The number of aromatic nitrogens is 5. The lowest BCUT2D eigenvalue weighted by atomic mass is 10.1. The first-order valence-electron chi connectivity index (χ1n) is 8.34. The zero-order valence-corrected chi connectivity index (χ0v) is 15.9. The summed E-state index contributed by atoms with van der Waals surface area (Å²) in [6.07, 6.45) is -2.07. The highest BCUT2D eigenvalue weighted by Crippen LogP contribution is 2.45. The minimum absolute atomic E-state index is 0.00643. The van der Waals surface area contributed by atoms with Gasteiger partial charge in [-0.25, -0.2) is 14.3 Å². The predicted octanol–water partition coefficient (Wildman–Crippen LogP) is 2.94. The van der Waals surface area contributed by atoms with Crippen LogP contribution in [-0.2, 0) is 0 Å². The maximum absolute atomic E-state index is 13.7. The minimum atomic E-state index is -4.59. The van der Waals surface area contributed by atoms with Crippen molar-refractivity contribution in [2.75, 3.05) is 35.8 Å². The largest absolute Gasteiger partial charge is 0.399 e. The van der Waals surface area contributed by atoms with Crippen LogP contribution in [0.5, 0.6) is 0 Å². The Hall–Kier alpha value is -3.15. The maximum Gasteiger partial charge on any atom is 0.399 e. The van der Waals surface area contributed by atoms with Gasteiger partial charge in [0.15, 0.2) is 16.6 Å². The standard InChI is InChI=1S/C16H14ClF3N8O/c1-26(2)13-3-8(5-22-24-13)23-15(29)27-7-9(16(18,19)20)14-10(27)6-21-12-4-11(17)25-28(12)14/h3-6,9H,7H2,1-2H3,(H,23,24,29). The van der Waals surface area contributed by atoms with Crippen molar-refractivity contribution in [1.29, 1.82) is 0 Å². The van der Waals surface area contributed by atoms with Crippen LogP contribution in [0.25, 0.3) is 5.65 Å². The number of urea groups is 1. The van der Waals surface area contributed by atoms with Crippen LogP contribution >= 0.6 is 11.6 Å². The Labute approximate surface area is 167 Å². The number of hydrogen-bond donors (Lipinski definition) is 1. The van der Waals surface area contributed by atoms with E-state index in [9.17, 15) is 18.0 Å². The molecule has 3 aromatic rings. The van der Waals surface area contributed by atoms with Gasteiger partial charge in [-0.2, -0.15) is 23.4 Å². The van der Waals surface area contributed by atoms with Crippen LogP contribution in [-0.4, -0.2) is 57.6 Å². The average molecular weight is 427 g/mol. The van der Waals surface area contributed by atoms with Crippen LogP contribution in [0.2, 0.25) is 5.15 Å². The highest BCUT2D eigenvalue weighted by Gasteiger charge is 2.50. The molecule has 0 bridgehead atoms. The van der Waals surface area contributed by atoms with Crippen LogP contribution in [0.1, 0.15) is 11.6 Å². The van der Waals surface area contributed by atoms with Gasteiger partial charge in [0, 0.05) is 32.8 Å². The molecule has 9 nitrogen and oxygen atoms in total. The number of nitrogens with one attached hydrogen (secondary N) is 1. The molecule has 0 radical (unpaired) electrons. The molecule has 4 rings (SSSR count). The molecule has 0 fully saturated rings. The number of anilines is 3. The zero-order valence-electron chi connectivity index (χ0n) is 15.1. The quantitative estimate of drug-likeness (QED) is 0.677. The van der Waals surface area contributed by atoms with Gasteiger partial charge in [0.05, 0.1) is 29.5 Å². The number of fused-ring (bicyclic) bond motifs is 3. The smallest absolute Gasteiger partial charge is 0.361 e. The predicted molar refractivity (Wildman–Crippen MR) is 99.5 cm³/mol. The number of hydrogen-bond acceptors (Lipinski definition) is 6. The van der Waals surface area contributed by atoms with Gasteiger partial charge in [0.2, 0.25) is 0 Å². The normalized spacial score (nSPS) is 16.2.